The molecule has 0 radical (unpaired) electrons. The molecule has 0 aliphatic carbocycles. The van der Waals surface area contributed by atoms with Crippen molar-refractivity contribution in [2.75, 3.05) is 19.0 Å². The fraction of sp³-hybridized carbons (Fsp3) is 0.111. The molecular formula is C18H14Cl2FNO4. The van der Waals surface area contributed by atoms with Crippen LogP contribution in [0.5, 0.6) is 5.75 Å². The predicted octanol–water partition coefficient (Wildman–Crippen LogP) is 4.34. The lowest BCUT2D eigenvalue weighted by Crippen LogP contribution is -2.20. The lowest BCUT2D eigenvalue weighted by Gasteiger charge is -2.10. The van der Waals surface area contributed by atoms with Crippen molar-refractivity contribution < 1.29 is 23.5 Å². The van der Waals surface area contributed by atoms with E-state index >= 15 is 0 Å². The summed E-state index contributed by atoms with van der Waals surface area (Å²) in [6, 6.07) is 8.71. The van der Waals surface area contributed by atoms with Crippen molar-refractivity contribution >= 4 is 46.8 Å². The van der Waals surface area contributed by atoms with E-state index in [1.807, 2.05) is 0 Å². The van der Waals surface area contributed by atoms with E-state index in [1.165, 1.54) is 37.5 Å². The van der Waals surface area contributed by atoms with Crippen LogP contribution < -0.4 is 10.1 Å². The number of benzene rings is 2. The van der Waals surface area contributed by atoms with Gasteiger partial charge >= 0.3 is 5.97 Å². The van der Waals surface area contributed by atoms with Gasteiger partial charge in [-0.3, -0.25) is 4.79 Å². The average molecular weight is 398 g/mol. The fourth-order valence-electron chi connectivity index (χ4n) is 1.93. The predicted molar refractivity (Wildman–Crippen MR) is 98.0 cm³/mol. The third kappa shape index (κ3) is 5.75. The first-order chi connectivity index (χ1) is 12.4. The van der Waals surface area contributed by atoms with Crippen molar-refractivity contribution in [2.24, 2.45) is 0 Å². The second-order valence-electron chi connectivity index (χ2n) is 5.01. The number of anilines is 1. The zero-order valence-electron chi connectivity index (χ0n) is 13.6. The van der Waals surface area contributed by atoms with Gasteiger partial charge in [-0.25, -0.2) is 9.18 Å². The molecule has 0 aliphatic heterocycles. The number of halogens is 3. The van der Waals surface area contributed by atoms with Crippen LogP contribution in [0.25, 0.3) is 6.08 Å². The maximum Gasteiger partial charge on any atom is 0.331 e. The molecule has 2 aromatic rings. The van der Waals surface area contributed by atoms with Gasteiger partial charge in [-0.05, 0) is 42.0 Å². The van der Waals surface area contributed by atoms with Crippen molar-refractivity contribution in [1.29, 1.82) is 0 Å². The highest BCUT2D eigenvalue weighted by molar-refractivity contribution is 6.31. The number of methoxy groups -OCH3 is 1. The Morgan fingerprint density at radius 3 is 2.65 bits per heavy atom. The number of carbonyl (C=O) groups is 2. The van der Waals surface area contributed by atoms with Gasteiger partial charge in [0.2, 0.25) is 0 Å². The molecular weight excluding hydrogens is 384 g/mol. The normalized spacial score (nSPS) is 10.6. The lowest BCUT2D eigenvalue weighted by molar-refractivity contribution is -0.142. The van der Waals surface area contributed by atoms with Gasteiger partial charge in [0.15, 0.2) is 6.61 Å². The van der Waals surface area contributed by atoms with Gasteiger partial charge in [-0.15, -0.1) is 0 Å². The van der Waals surface area contributed by atoms with E-state index in [1.54, 1.807) is 12.1 Å². The number of nitrogens with one attached hydrogen (secondary N) is 1. The van der Waals surface area contributed by atoms with Gasteiger partial charge in [0.05, 0.1) is 17.8 Å². The van der Waals surface area contributed by atoms with E-state index < -0.39 is 24.3 Å². The van der Waals surface area contributed by atoms with Crippen LogP contribution in [0.3, 0.4) is 0 Å². The Labute approximate surface area is 159 Å². The van der Waals surface area contributed by atoms with Crippen LogP contribution in [-0.4, -0.2) is 25.6 Å². The maximum absolute atomic E-state index is 13.1. The molecule has 0 atom stereocenters. The third-order valence-corrected chi connectivity index (χ3v) is 3.66. The first kappa shape index (κ1) is 19.8. The van der Waals surface area contributed by atoms with Crippen LogP contribution in [0.15, 0.2) is 42.5 Å². The van der Waals surface area contributed by atoms with Gasteiger partial charge in [-0.1, -0.05) is 29.3 Å². The highest BCUT2D eigenvalue weighted by Crippen LogP contribution is 2.27. The summed E-state index contributed by atoms with van der Waals surface area (Å²) in [6.07, 6.45) is 2.50. The van der Waals surface area contributed by atoms with Crippen LogP contribution >= 0.6 is 23.2 Å². The Balaban J connectivity index is 1.88. The Morgan fingerprint density at radius 2 is 1.96 bits per heavy atom. The molecule has 1 amide bonds. The molecule has 0 saturated carbocycles. The summed E-state index contributed by atoms with van der Waals surface area (Å²) < 4.78 is 23.0. The largest absolute Gasteiger partial charge is 0.495 e. The van der Waals surface area contributed by atoms with Crippen LogP contribution in [0.1, 0.15) is 5.56 Å². The topological polar surface area (TPSA) is 64.6 Å². The minimum atomic E-state index is -0.737. The van der Waals surface area contributed by atoms with Gasteiger partial charge in [0.1, 0.15) is 11.6 Å². The monoisotopic (exact) mass is 397 g/mol. The standard InChI is InChI=1S/C18H14Cl2FNO4/c1-25-16-6-4-12(19)9-15(16)22-17(23)10-26-18(24)7-3-11-2-5-14(21)13(20)8-11/h2-9H,10H2,1H3,(H,22,23)/b7-3+. The van der Waals surface area contributed by atoms with E-state index in [9.17, 15) is 14.0 Å². The van der Waals surface area contributed by atoms with E-state index in [2.05, 4.69) is 5.32 Å². The molecule has 1 N–H and O–H groups in total. The van der Waals surface area contributed by atoms with E-state index in [4.69, 9.17) is 32.7 Å². The average Bonchev–Trinajstić information content (AvgIpc) is 2.61. The molecule has 5 nitrogen and oxygen atoms in total. The Hall–Kier alpha value is -2.57. The minimum absolute atomic E-state index is 0.0598. The second-order valence-corrected chi connectivity index (χ2v) is 5.85. The molecule has 0 heterocycles. The van der Waals surface area contributed by atoms with Crippen molar-refractivity contribution in [2.45, 2.75) is 0 Å². The molecule has 0 saturated heterocycles. The first-order valence-electron chi connectivity index (χ1n) is 7.32. The van der Waals surface area contributed by atoms with Gasteiger partial charge in [-0.2, -0.15) is 0 Å². The van der Waals surface area contributed by atoms with E-state index in [-0.39, 0.29) is 5.02 Å². The van der Waals surface area contributed by atoms with Gasteiger partial charge < -0.3 is 14.8 Å². The zero-order valence-corrected chi connectivity index (χ0v) is 15.1. The highest BCUT2D eigenvalue weighted by atomic mass is 35.5. The lowest BCUT2D eigenvalue weighted by atomic mass is 10.2. The van der Waals surface area contributed by atoms with E-state index in [0.29, 0.717) is 22.0 Å². The summed E-state index contributed by atoms with van der Waals surface area (Å²) in [5.41, 5.74) is 0.874. The summed E-state index contributed by atoms with van der Waals surface area (Å²) in [5.74, 6) is -1.43. The van der Waals surface area contributed by atoms with Crippen molar-refractivity contribution in [3.05, 3.63) is 63.9 Å². The summed E-state index contributed by atoms with van der Waals surface area (Å²) in [7, 11) is 1.45. The van der Waals surface area contributed by atoms with Gasteiger partial charge in [0.25, 0.3) is 5.91 Å². The summed E-state index contributed by atoms with van der Waals surface area (Å²) in [6.45, 7) is -0.497. The Morgan fingerprint density at radius 1 is 1.19 bits per heavy atom. The highest BCUT2D eigenvalue weighted by Gasteiger charge is 2.10. The van der Waals surface area contributed by atoms with Gasteiger partial charge in [0, 0.05) is 11.1 Å². The molecule has 26 heavy (non-hydrogen) atoms. The van der Waals surface area contributed by atoms with Crippen LogP contribution in [0, 0.1) is 5.82 Å². The SMILES string of the molecule is COc1ccc(Cl)cc1NC(=O)COC(=O)/C=C/c1ccc(F)c(Cl)c1. The smallest absolute Gasteiger partial charge is 0.331 e. The number of ether oxygens (including phenoxy) is 2. The number of hydrogen-bond donors (Lipinski definition) is 1. The van der Waals surface area contributed by atoms with Crippen molar-refractivity contribution in [1.82, 2.24) is 0 Å². The molecule has 8 heteroatoms. The molecule has 0 aliphatic rings. The first-order valence-corrected chi connectivity index (χ1v) is 8.08. The minimum Gasteiger partial charge on any atom is -0.495 e. The third-order valence-electron chi connectivity index (χ3n) is 3.14. The van der Waals surface area contributed by atoms with Crippen molar-refractivity contribution in [3.8, 4) is 5.75 Å². The summed E-state index contributed by atoms with van der Waals surface area (Å²) in [4.78, 5) is 23.5. The molecule has 0 bridgehead atoms. The van der Waals surface area contributed by atoms with E-state index in [0.717, 1.165) is 6.08 Å². The Kier molecular flexibility index (Phi) is 7.00. The number of rotatable bonds is 6. The number of carbonyl (C=O) groups excluding carboxylic acids is 2. The Bertz CT molecular complexity index is 855. The quantitative estimate of drug-likeness (QED) is 0.581. The van der Waals surface area contributed by atoms with Crippen LogP contribution in [-0.2, 0) is 14.3 Å². The van der Waals surface area contributed by atoms with Crippen LogP contribution in [0.2, 0.25) is 10.0 Å². The second kappa shape index (κ2) is 9.22. The van der Waals surface area contributed by atoms with Crippen LogP contribution in [0.4, 0.5) is 10.1 Å². The number of amides is 1. The molecule has 0 aromatic heterocycles. The zero-order chi connectivity index (χ0) is 19.1. The summed E-state index contributed by atoms with van der Waals surface area (Å²) in [5, 5.41) is 2.89. The molecule has 0 fully saturated rings. The number of hydrogen-bond acceptors (Lipinski definition) is 4. The fourth-order valence-corrected chi connectivity index (χ4v) is 2.29. The van der Waals surface area contributed by atoms with Crippen molar-refractivity contribution in [3.63, 3.8) is 0 Å². The summed E-state index contributed by atoms with van der Waals surface area (Å²) >= 11 is 11.5. The molecule has 2 rings (SSSR count). The maximum atomic E-state index is 13.1. The molecule has 136 valence electrons. The molecule has 2 aromatic carbocycles. The molecule has 0 spiro atoms. The molecule has 0 unspecified atom stereocenters. The number of esters is 1.